The van der Waals surface area contributed by atoms with Crippen LogP contribution in [0.2, 0.25) is 0 Å². The molecule has 0 saturated carbocycles. The summed E-state index contributed by atoms with van der Waals surface area (Å²) in [5, 5.41) is 16.7. The Morgan fingerprint density at radius 2 is 2.00 bits per heavy atom. The number of methoxy groups -OCH3 is 1. The number of aliphatic hydroxyl groups is 1. The van der Waals surface area contributed by atoms with E-state index in [4.69, 9.17) is 13.9 Å². The average Bonchev–Trinajstić information content (AvgIpc) is 3.21. The smallest absolute Gasteiger partial charge is 0.259 e. The van der Waals surface area contributed by atoms with Gasteiger partial charge in [0.05, 0.1) is 19.3 Å². The molecule has 1 aliphatic rings. The number of ether oxygens (including phenoxy) is 2. The summed E-state index contributed by atoms with van der Waals surface area (Å²) in [4.78, 5) is 30.9. The summed E-state index contributed by atoms with van der Waals surface area (Å²) in [5.74, 6) is 2.14. The van der Waals surface area contributed by atoms with Crippen LogP contribution in [0.3, 0.4) is 0 Å². The van der Waals surface area contributed by atoms with Crippen molar-refractivity contribution in [3.8, 4) is 17.2 Å². The molecule has 4 aromatic rings. The molecule has 5 rings (SSSR count). The number of carbonyl (C=O) groups excluding carboxylic acids is 2. The number of para-hydroxylation sites is 1. The summed E-state index contributed by atoms with van der Waals surface area (Å²) in [5.41, 5.74) is 1.14. The van der Waals surface area contributed by atoms with Crippen molar-refractivity contribution in [2.45, 2.75) is 26.0 Å². The number of likely N-dealkylation sites (N-methyl/N-ethyl adjacent to an activating group) is 1. The molecule has 1 aliphatic heterocycles. The highest BCUT2D eigenvalue weighted by molar-refractivity contribution is 6.00. The Labute approximate surface area is 231 Å². The standard InChI is InChI=1S/C30H30N4O6/c1-18-23(22-9-6-10-25(27(22)39-18)40-21-8-5-7-20(14-21)38-4)16-34(3)26(35)12-11-19-13-24-28(31-15-19)33-29(36)30(2,37)17-32-24/h5-15,32,37H,16-17H2,1-4H3,(H,31,33,36)/b12-11+. The molecule has 0 aliphatic carbocycles. The molecule has 0 radical (unpaired) electrons. The van der Waals surface area contributed by atoms with Gasteiger partial charge in [0, 0.05) is 42.9 Å². The van der Waals surface area contributed by atoms with Gasteiger partial charge in [-0.15, -0.1) is 0 Å². The fraction of sp³-hybridized carbons (Fsp3) is 0.233. The highest BCUT2D eigenvalue weighted by atomic mass is 16.5. The summed E-state index contributed by atoms with van der Waals surface area (Å²) in [6.45, 7) is 3.65. The number of carbonyl (C=O) groups is 2. The quantitative estimate of drug-likeness (QED) is 0.286. The molecule has 1 atom stereocenters. The zero-order chi connectivity index (χ0) is 28.4. The number of hydrogen-bond acceptors (Lipinski definition) is 8. The minimum Gasteiger partial charge on any atom is -0.497 e. The van der Waals surface area contributed by atoms with Crippen LogP contribution in [0, 0.1) is 6.92 Å². The molecule has 2 aromatic carbocycles. The molecular formula is C30H30N4O6. The van der Waals surface area contributed by atoms with Gasteiger partial charge in [-0.1, -0.05) is 18.2 Å². The maximum absolute atomic E-state index is 13.0. The molecule has 10 nitrogen and oxygen atoms in total. The van der Waals surface area contributed by atoms with Gasteiger partial charge in [0.25, 0.3) is 5.91 Å². The minimum absolute atomic E-state index is 0.0344. The van der Waals surface area contributed by atoms with E-state index >= 15 is 0 Å². The minimum atomic E-state index is -1.56. The van der Waals surface area contributed by atoms with Crippen molar-refractivity contribution in [1.82, 2.24) is 9.88 Å². The summed E-state index contributed by atoms with van der Waals surface area (Å²) in [7, 11) is 3.32. The van der Waals surface area contributed by atoms with Crippen LogP contribution in [0.15, 0.2) is 65.2 Å². The Bertz CT molecular complexity index is 1620. The number of pyridine rings is 1. The molecule has 2 aromatic heterocycles. The van der Waals surface area contributed by atoms with Gasteiger partial charge < -0.3 is 34.5 Å². The van der Waals surface area contributed by atoms with Gasteiger partial charge in [0.1, 0.15) is 17.3 Å². The number of fused-ring (bicyclic) bond motifs is 2. The lowest BCUT2D eigenvalue weighted by atomic mass is 10.1. The number of aromatic nitrogens is 1. The number of anilines is 2. The van der Waals surface area contributed by atoms with Crippen molar-refractivity contribution in [3.05, 3.63) is 77.7 Å². The number of nitrogens with zero attached hydrogens (tertiary/aromatic N) is 2. The number of rotatable bonds is 7. The average molecular weight is 543 g/mol. The zero-order valence-corrected chi connectivity index (χ0v) is 22.6. The fourth-order valence-corrected chi connectivity index (χ4v) is 4.34. The number of amides is 2. The van der Waals surface area contributed by atoms with Crippen molar-refractivity contribution in [3.63, 3.8) is 0 Å². The van der Waals surface area contributed by atoms with Crippen LogP contribution in [-0.2, 0) is 16.1 Å². The number of hydrogen-bond donors (Lipinski definition) is 3. The van der Waals surface area contributed by atoms with Gasteiger partial charge >= 0.3 is 0 Å². The lowest BCUT2D eigenvalue weighted by Crippen LogP contribution is -2.43. The number of nitrogens with one attached hydrogen (secondary N) is 2. The lowest BCUT2D eigenvalue weighted by molar-refractivity contribution is -0.131. The van der Waals surface area contributed by atoms with Crippen LogP contribution < -0.4 is 20.1 Å². The third-order valence-corrected chi connectivity index (χ3v) is 6.70. The van der Waals surface area contributed by atoms with E-state index in [1.807, 2.05) is 43.3 Å². The first kappa shape index (κ1) is 26.8. The van der Waals surface area contributed by atoms with E-state index < -0.39 is 11.5 Å². The second kappa shape index (κ2) is 10.7. The number of furan rings is 1. The number of β-amino-alcohol motifs (C(OH)–C–C–N with tert-alkyl or cyclic N) is 1. The monoisotopic (exact) mass is 542 g/mol. The van der Waals surface area contributed by atoms with Gasteiger partial charge in [-0.3, -0.25) is 9.59 Å². The summed E-state index contributed by atoms with van der Waals surface area (Å²) >= 11 is 0. The maximum Gasteiger partial charge on any atom is 0.259 e. The second-order valence-electron chi connectivity index (χ2n) is 9.82. The van der Waals surface area contributed by atoms with Crippen molar-refractivity contribution >= 4 is 40.4 Å². The Kier molecular flexibility index (Phi) is 7.19. The summed E-state index contributed by atoms with van der Waals surface area (Å²) in [6, 6.07) is 14.7. The van der Waals surface area contributed by atoms with Gasteiger partial charge in [-0.05, 0) is 49.8 Å². The Hall–Kier alpha value is -4.83. The highest BCUT2D eigenvalue weighted by Gasteiger charge is 2.33. The zero-order valence-electron chi connectivity index (χ0n) is 22.6. The van der Waals surface area contributed by atoms with E-state index in [1.54, 1.807) is 43.5 Å². The van der Waals surface area contributed by atoms with Crippen LogP contribution in [0.1, 0.15) is 23.8 Å². The highest BCUT2D eigenvalue weighted by Crippen LogP contribution is 2.36. The predicted octanol–water partition coefficient (Wildman–Crippen LogP) is 4.72. The topological polar surface area (TPSA) is 126 Å². The first-order chi connectivity index (χ1) is 19.1. The Balaban J connectivity index is 1.30. The van der Waals surface area contributed by atoms with Crippen molar-refractivity contribution < 1.29 is 28.6 Å². The Morgan fingerprint density at radius 1 is 1.23 bits per heavy atom. The van der Waals surface area contributed by atoms with E-state index in [1.165, 1.54) is 13.0 Å². The van der Waals surface area contributed by atoms with Gasteiger partial charge in [-0.2, -0.15) is 0 Å². The second-order valence-corrected chi connectivity index (χ2v) is 9.82. The first-order valence-corrected chi connectivity index (χ1v) is 12.7. The lowest BCUT2D eigenvalue weighted by Gasteiger charge is -2.18. The molecule has 0 spiro atoms. The molecule has 1 unspecified atom stereocenters. The van der Waals surface area contributed by atoms with E-state index in [0.717, 1.165) is 10.9 Å². The van der Waals surface area contributed by atoms with Crippen LogP contribution in [-0.4, -0.2) is 53.1 Å². The number of aryl methyl sites for hydroxylation is 1. The molecule has 0 saturated heterocycles. The van der Waals surface area contributed by atoms with E-state index in [2.05, 4.69) is 15.6 Å². The maximum atomic E-state index is 13.0. The fourth-order valence-electron chi connectivity index (χ4n) is 4.34. The molecule has 0 fully saturated rings. The molecule has 0 bridgehead atoms. The summed E-state index contributed by atoms with van der Waals surface area (Å²) in [6.07, 6.45) is 4.66. The van der Waals surface area contributed by atoms with Crippen LogP contribution in [0.4, 0.5) is 11.5 Å². The predicted molar refractivity (Wildman–Crippen MR) is 152 cm³/mol. The van der Waals surface area contributed by atoms with Gasteiger partial charge in [0.2, 0.25) is 5.91 Å². The summed E-state index contributed by atoms with van der Waals surface area (Å²) < 4.78 is 17.5. The van der Waals surface area contributed by atoms with Gasteiger partial charge in [-0.25, -0.2) is 4.98 Å². The first-order valence-electron chi connectivity index (χ1n) is 12.7. The molecular weight excluding hydrogens is 512 g/mol. The van der Waals surface area contributed by atoms with E-state index in [0.29, 0.717) is 52.2 Å². The van der Waals surface area contributed by atoms with Crippen molar-refractivity contribution in [2.24, 2.45) is 0 Å². The van der Waals surface area contributed by atoms with Crippen LogP contribution >= 0.6 is 0 Å². The molecule has 40 heavy (non-hydrogen) atoms. The molecule has 10 heteroatoms. The SMILES string of the molecule is COc1cccc(Oc2cccc3c(CN(C)C(=O)/C=C/c4cnc5c(c4)NCC(C)(O)C(=O)N5)c(C)oc23)c1. The largest absolute Gasteiger partial charge is 0.497 e. The molecule has 206 valence electrons. The molecule has 3 heterocycles. The third-order valence-electron chi connectivity index (χ3n) is 6.70. The van der Waals surface area contributed by atoms with E-state index in [-0.39, 0.29) is 12.5 Å². The van der Waals surface area contributed by atoms with Crippen LogP contribution in [0.5, 0.6) is 17.2 Å². The van der Waals surface area contributed by atoms with Crippen molar-refractivity contribution in [2.75, 3.05) is 31.3 Å². The molecule has 3 N–H and O–H groups in total. The van der Waals surface area contributed by atoms with Gasteiger partial charge in [0.15, 0.2) is 22.8 Å². The van der Waals surface area contributed by atoms with E-state index in [9.17, 15) is 14.7 Å². The molecule has 2 amide bonds. The third kappa shape index (κ3) is 5.48. The Morgan fingerprint density at radius 3 is 2.80 bits per heavy atom. The normalized spacial score (nSPS) is 16.7. The van der Waals surface area contributed by atoms with Crippen molar-refractivity contribution in [1.29, 1.82) is 0 Å². The van der Waals surface area contributed by atoms with Crippen LogP contribution in [0.25, 0.3) is 17.0 Å². The number of benzene rings is 2.